The van der Waals surface area contributed by atoms with Gasteiger partial charge in [0, 0.05) is 36.0 Å². The molecule has 0 radical (unpaired) electrons. The van der Waals surface area contributed by atoms with Crippen LogP contribution in [0.3, 0.4) is 0 Å². The summed E-state index contributed by atoms with van der Waals surface area (Å²) in [5, 5.41) is 13.1. The van der Waals surface area contributed by atoms with Gasteiger partial charge in [-0.1, -0.05) is 24.3 Å². The number of para-hydroxylation sites is 1. The van der Waals surface area contributed by atoms with Gasteiger partial charge in [-0.3, -0.25) is 0 Å². The molecule has 0 bridgehead atoms. The summed E-state index contributed by atoms with van der Waals surface area (Å²) >= 11 is 0. The molecule has 0 atom stereocenters. The Hall–Kier alpha value is -2.46. The van der Waals surface area contributed by atoms with E-state index >= 15 is 0 Å². The van der Waals surface area contributed by atoms with Crippen molar-refractivity contribution in [1.29, 1.82) is 0 Å². The van der Waals surface area contributed by atoms with Crippen LogP contribution in [0, 0.1) is 0 Å². The highest BCUT2D eigenvalue weighted by atomic mass is 16.3. The maximum Gasteiger partial charge on any atom is 0.124 e. The van der Waals surface area contributed by atoms with Gasteiger partial charge in [0.25, 0.3) is 0 Å². The number of nitrogen functional groups attached to an aromatic ring is 1. The minimum atomic E-state index is 0.169. The van der Waals surface area contributed by atoms with Crippen LogP contribution in [0.2, 0.25) is 0 Å². The van der Waals surface area contributed by atoms with Crippen molar-refractivity contribution >= 4 is 17.5 Å². The number of hydrogen-bond donors (Lipinski definition) is 4. The molecule has 0 aliphatic carbocycles. The lowest BCUT2D eigenvalue weighted by Gasteiger charge is -2.27. The molecule has 0 spiro atoms. The minimum Gasteiger partial charge on any atom is -0.507 e. The summed E-state index contributed by atoms with van der Waals surface area (Å²) < 4.78 is 0. The summed E-state index contributed by atoms with van der Waals surface area (Å²) in [7, 11) is 0. The maximum absolute atomic E-state index is 9.83. The van der Waals surface area contributed by atoms with E-state index < -0.39 is 0 Å². The lowest BCUT2D eigenvalue weighted by Crippen LogP contribution is -2.39. The molecule has 1 saturated heterocycles. The molecule has 0 amide bonds. The molecule has 21 heavy (non-hydrogen) atoms. The highest BCUT2D eigenvalue weighted by Crippen LogP contribution is 2.27. The fourth-order valence-electron chi connectivity index (χ4n) is 2.47. The molecule has 3 rings (SSSR count). The van der Waals surface area contributed by atoms with E-state index in [1.807, 2.05) is 18.2 Å². The van der Waals surface area contributed by atoms with E-state index in [1.54, 1.807) is 24.3 Å². The van der Waals surface area contributed by atoms with Crippen molar-refractivity contribution in [1.82, 2.24) is 5.32 Å². The first-order valence-electron chi connectivity index (χ1n) is 7.01. The predicted octanol–water partition coefficient (Wildman–Crippen LogP) is 2.12. The lowest BCUT2D eigenvalue weighted by atomic mass is 9.92. The second-order valence-corrected chi connectivity index (χ2v) is 5.36. The number of nitrogens with two attached hydrogens (primary N) is 2. The van der Waals surface area contributed by atoms with Gasteiger partial charge >= 0.3 is 0 Å². The first-order chi connectivity index (χ1) is 10.1. The molecule has 6 N–H and O–H groups in total. The fraction of sp³-hybridized carbons (Fsp3) is 0.176. The van der Waals surface area contributed by atoms with Crippen LogP contribution in [0.1, 0.15) is 22.6 Å². The van der Waals surface area contributed by atoms with Crippen molar-refractivity contribution in [3.8, 4) is 5.75 Å². The topological polar surface area (TPSA) is 84.3 Å². The Bertz CT molecular complexity index is 690. The van der Waals surface area contributed by atoms with Crippen LogP contribution in [0.25, 0.3) is 11.8 Å². The molecular formula is C17H19N3O. The van der Waals surface area contributed by atoms with E-state index in [0.717, 1.165) is 18.7 Å². The number of hydrogen-bond acceptors (Lipinski definition) is 4. The van der Waals surface area contributed by atoms with E-state index in [1.165, 1.54) is 5.56 Å². The van der Waals surface area contributed by atoms with Gasteiger partial charge in [0.15, 0.2) is 0 Å². The Kier molecular flexibility index (Phi) is 3.54. The normalized spacial score (nSPS) is 15.7. The maximum atomic E-state index is 9.83. The standard InChI is InChI=1S/C17H19N3O/c18-15-7-11(13-9-20-10-13)5-6-12(15)8-16(19)14-3-1-2-4-17(14)21/h1-8,13,20-21H,9-10,18-19H2/b16-8-. The van der Waals surface area contributed by atoms with Crippen LogP contribution in [0.15, 0.2) is 42.5 Å². The number of rotatable bonds is 3. The van der Waals surface area contributed by atoms with Gasteiger partial charge in [0.05, 0.1) is 0 Å². The van der Waals surface area contributed by atoms with Gasteiger partial charge < -0.3 is 21.9 Å². The Balaban J connectivity index is 1.90. The average Bonchev–Trinajstić information content (AvgIpc) is 2.40. The molecule has 108 valence electrons. The largest absolute Gasteiger partial charge is 0.507 e. The quantitative estimate of drug-likeness (QED) is 0.513. The van der Waals surface area contributed by atoms with Crippen LogP contribution >= 0.6 is 0 Å². The Labute approximate surface area is 124 Å². The molecule has 2 aromatic rings. The molecule has 1 heterocycles. The van der Waals surface area contributed by atoms with Gasteiger partial charge in [-0.2, -0.15) is 0 Å². The van der Waals surface area contributed by atoms with Gasteiger partial charge in [0.1, 0.15) is 5.75 Å². The monoisotopic (exact) mass is 281 g/mol. The minimum absolute atomic E-state index is 0.169. The van der Waals surface area contributed by atoms with Crippen molar-refractivity contribution < 1.29 is 5.11 Å². The van der Waals surface area contributed by atoms with Crippen LogP contribution < -0.4 is 16.8 Å². The molecule has 0 unspecified atom stereocenters. The first kappa shape index (κ1) is 13.5. The van der Waals surface area contributed by atoms with Crippen LogP contribution in [-0.2, 0) is 0 Å². The van der Waals surface area contributed by atoms with Crippen molar-refractivity contribution in [2.24, 2.45) is 5.73 Å². The van der Waals surface area contributed by atoms with Crippen LogP contribution in [-0.4, -0.2) is 18.2 Å². The molecule has 1 aliphatic rings. The highest BCUT2D eigenvalue weighted by Gasteiger charge is 2.19. The van der Waals surface area contributed by atoms with Crippen molar-refractivity contribution in [2.45, 2.75) is 5.92 Å². The predicted molar refractivity (Wildman–Crippen MR) is 86.6 cm³/mol. The van der Waals surface area contributed by atoms with Gasteiger partial charge in [0.2, 0.25) is 0 Å². The second kappa shape index (κ2) is 5.50. The van der Waals surface area contributed by atoms with Crippen LogP contribution in [0.5, 0.6) is 5.75 Å². The molecule has 4 heteroatoms. The summed E-state index contributed by atoms with van der Waals surface area (Å²) in [6, 6.07) is 13.1. The highest BCUT2D eigenvalue weighted by molar-refractivity contribution is 5.85. The number of aromatic hydroxyl groups is 1. The van der Waals surface area contributed by atoms with E-state index in [9.17, 15) is 5.11 Å². The number of phenolic OH excluding ortho intramolecular Hbond substituents is 1. The Morgan fingerprint density at radius 1 is 1.19 bits per heavy atom. The average molecular weight is 281 g/mol. The molecule has 2 aromatic carbocycles. The number of anilines is 1. The zero-order chi connectivity index (χ0) is 14.8. The van der Waals surface area contributed by atoms with E-state index in [2.05, 4.69) is 11.4 Å². The number of benzene rings is 2. The number of phenols is 1. The molecule has 1 fully saturated rings. The fourth-order valence-corrected chi connectivity index (χ4v) is 2.47. The zero-order valence-corrected chi connectivity index (χ0v) is 11.7. The lowest BCUT2D eigenvalue weighted by molar-refractivity contribution is 0.448. The first-order valence-corrected chi connectivity index (χ1v) is 7.01. The Morgan fingerprint density at radius 2 is 1.95 bits per heavy atom. The summed E-state index contributed by atoms with van der Waals surface area (Å²) in [4.78, 5) is 0. The third-order valence-electron chi connectivity index (χ3n) is 3.89. The van der Waals surface area contributed by atoms with Crippen molar-refractivity contribution in [3.63, 3.8) is 0 Å². The second-order valence-electron chi connectivity index (χ2n) is 5.36. The van der Waals surface area contributed by atoms with Gasteiger partial charge in [-0.25, -0.2) is 0 Å². The molecule has 0 saturated carbocycles. The Morgan fingerprint density at radius 3 is 2.57 bits per heavy atom. The smallest absolute Gasteiger partial charge is 0.124 e. The SMILES string of the molecule is N/C(=C\c1ccc(C2CNC2)cc1N)c1ccccc1O. The van der Waals surface area contributed by atoms with E-state index in [0.29, 0.717) is 22.9 Å². The zero-order valence-electron chi connectivity index (χ0n) is 11.7. The third kappa shape index (κ3) is 2.71. The third-order valence-corrected chi connectivity index (χ3v) is 3.89. The summed E-state index contributed by atoms with van der Waals surface area (Å²) in [5.74, 6) is 0.725. The molecule has 1 aliphatic heterocycles. The van der Waals surface area contributed by atoms with Crippen molar-refractivity contribution in [2.75, 3.05) is 18.8 Å². The van der Waals surface area contributed by atoms with Crippen molar-refractivity contribution in [3.05, 3.63) is 59.2 Å². The van der Waals surface area contributed by atoms with Gasteiger partial charge in [-0.15, -0.1) is 0 Å². The summed E-state index contributed by atoms with van der Waals surface area (Å²) in [6.45, 7) is 2.02. The summed E-state index contributed by atoms with van der Waals surface area (Å²) in [5.41, 5.74) is 16.1. The molecule has 0 aromatic heterocycles. The van der Waals surface area contributed by atoms with E-state index in [-0.39, 0.29) is 5.75 Å². The summed E-state index contributed by atoms with van der Waals surface area (Å²) in [6.07, 6.45) is 1.80. The van der Waals surface area contributed by atoms with E-state index in [4.69, 9.17) is 11.5 Å². The number of nitrogens with one attached hydrogen (secondary N) is 1. The van der Waals surface area contributed by atoms with Crippen LogP contribution in [0.4, 0.5) is 5.69 Å². The molecular weight excluding hydrogens is 262 g/mol. The van der Waals surface area contributed by atoms with Gasteiger partial charge in [-0.05, 0) is 35.4 Å². The molecule has 4 nitrogen and oxygen atoms in total.